The molecule has 15 heteroatoms. The van der Waals surface area contributed by atoms with Crippen molar-refractivity contribution < 1.29 is 69.4 Å². The van der Waals surface area contributed by atoms with Gasteiger partial charge in [0.15, 0.2) is 12.1 Å². The summed E-state index contributed by atoms with van der Waals surface area (Å²) >= 11 is 0. The SMILES string of the molecule is C[C@@H]1/C=C/C=C/C=C/C=C/[C@H](O[C@H]2O[C@@H](C)[C@H](O)[C@@H](N)[C@@H]2O)C[C@@H]2O[C@](O)(C[C@H](O)C[C@H](O)[C@@H](O)/C=C/C(=O)O[C@@H]1C)C[C@H](O)[C@H]2C(=O)O. The molecule has 0 aromatic rings. The predicted octanol–water partition coefficient (Wildman–Crippen LogP) is -0.680. The van der Waals surface area contributed by atoms with E-state index in [1.807, 2.05) is 13.0 Å². The van der Waals surface area contributed by atoms with Crippen LogP contribution >= 0.6 is 0 Å². The van der Waals surface area contributed by atoms with Crippen molar-refractivity contribution in [3.05, 3.63) is 60.8 Å². The fraction of sp³-hybridized carbons (Fsp3) is 0.647. The molecule has 10 N–H and O–H groups in total. The Morgan fingerprint density at radius 3 is 2.14 bits per heavy atom. The number of carbonyl (C=O) groups is 2. The summed E-state index contributed by atoms with van der Waals surface area (Å²) < 4.78 is 22.9. The lowest BCUT2D eigenvalue weighted by Gasteiger charge is -2.45. The maximum Gasteiger partial charge on any atom is 0.330 e. The Morgan fingerprint density at radius 2 is 1.49 bits per heavy atom. The van der Waals surface area contributed by atoms with Crippen LogP contribution in [0.2, 0.25) is 0 Å². The molecule has 0 spiro atoms. The van der Waals surface area contributed by atoms with Gasteiger partial charge in [0.25, 0.3) is 0 Å². The Kier molecular flexibility index (Phi) is 15.3. The summed E-state index contributed by atoms with van der Waals surface area (Å²) in [6, 6.07) is -1.11. The highest BCUT2D eigenvalue weighted by molar-refractivity contribution is 5.82. The van der Waals surface area contributed by atoms with Crippen molar-refractivity contribution in [1.82, 2.24) is 0 Å². The van der Waals surface area contributed by atoms with Gasteiger partial charge in [0, 0.05) is 37.7 Å². The number of aliphatic hydroxyl groups is 7. The van der Waals surface area contributed by atoms with E-state index < -0.39 is 116 Å². The number of nitrogens with two attached hydrogens (primary N) is 1. The molecule has 2 bridgehead atoms. The molecule has 2 fully saturated rings. The summed E-state index contributed by atoms with van der Waals surface area (Å²) in [5.74, 6) is -6.15. The number of hydrogen-bond donors (Lipinski definition) is 9. The topological polar surface area (TPSA) is 259 Å². The molecule has 0 aromatic heterocycles. The second-order valence-corrected chi connectivity index (χ2v) is 13.0. The molecule has 15 atom stereocenters. The van der Waals surface area contributed by atoms with E-state index in [0.717, 1.165) is 12.2 Å². The average molecular weight is 698 g/mol. The van der Waals surface area contributed by atoms with Crippen molar-refractivity contribution in [2.45, 2.75) is 126 Å². The minimum atomic E-state index is -2.27. The monoisotopic (exact) mass is 697 g/mol. The van der Waals surface area contributed by atoms with Crippen LogP contribution in [0.5, 0.6) is 0 Å². The number of carbonyl (C=O) groups excluding carboxylic acids is 1. The fourth-order valence-electron chi connectivity index (χ4n) is 5.86. The molecule has 0 saturated carbocycles. The molecule has 276 valence electrons. The van der Waals surface area contributed by atoms with Crippen LogP contribution in [0.1, 0.15) is 46.5 Å². The van der Waals surface area contributed by atoms with Crippen LogP contribution < -0.4 is 5.73 Å². The van der Waals surface area contributed by atoms with Gasteiger partial charge in [-0.1, -0.05) is 55.5 Å². The van der Waals surface area contributed by atoms with Crippen molar-refractivity contribution in [1.29, 1.82) is 0 Å². The second-order valence-electron chi connectivity index (χ2n) is 13.0. The molecule has 15 nitrogen and oxygen atoms in total. The van der Waals surface area contributed by atoms with Gasteiger partial charge in [-0.15, -0.1) is 0 Å². The Morgan fingerprint density at radius 1 is 0.857 bits per heavy atom. The van der Waals surface area contributed by atoms with E-state index in [9.17, 15) is 50.4 Å². The molecule has 49 heavy (non-hydrogen) atoms. The average Bonchev–Trinajstić information content (AvgIpc) is 3.00. The molecule has 2 saturated heterocycles. The minimum Gasteiger partial charge on any atom is -0.481 e. The second kappa shape index (κ2) is 18.4. The molecule has 3 rings (SSSR count). The Balaban J connectivity index is 1.94. The number of carboxylic acid groups (broad SMARTS) is 1. The van der Waals surface area contributed by atoms with Gasteiger partial charge in [-0.2, -0.15) is 0 Å². The Hall–Kier alpha value is -2.80. The summed E-state index contributed by atoms with van der Waals surface area (Å²) in [6.07, 6.45) is -0.575. The first kappa shape index (κ1) is 40.6. The molecule has 0 radical (unpaired) electrons. The lowest BCUT2D eigenvalue weighted by molar-refractivity contribution is -0.308. The van der Waals surface area contributed by atoms with Crippen LogP contribution in [-0.2, 0) is 28.5 Å². The summed E-state index contributed by atoms with van der Waals surface area (Å²) in [7, 11) is 0. The number of fused-ring (bicyclic) bond motifs is 2. The van der Waals surface area contributed by atoms with Crippen molar-refractivity contribution >= 4 is 11.9 Å². The first-order chi connectivity index (χ1) is 23.0. The molecule has 0 aliphatic carbocycles. The van der Waals surface area contributed by atoms with Gasteiger partial charge in [-0.05, 0) is 19.9 Å². The molecule has 0 amide bonds. The molecular weight excluding hydrogens is 646 g/mol. The lowest BCUT2D eigenvalue weighted by atomic mass is 9.82. The van der Waals surface area contributed by atoms with E-state index in [1.165, 1.54) is 6.08 Å². The van der Waals surface area contributed by atoms with E-state index in [2.05, 4.69) is 0 Å². The number of aliphatic carboxylic acids is 1. The zero-order chi connectivity index (χ0) is 36.5. The highest BCUT2D eigenvalue weighted by Gasteiger charge is 2.51. The third-order valence-electron chi connectivity index (χ3n) is 8.90. The maximum atomic E-state index is 12.3. The highest BCUT2D eigenvalue weighted by atomic mass is 16.7. The molecule has 0 unspecified atom stereocenters. The van der Waals surface area contributed by atoms with Crippen molar-refractivity contribution in [3.8, 4) is 0 Å². The van der Waals surface area contributed by atoms with Crippen LogP contribution in [0.4, 0.5) is 0 Å². The Labute approximate surface area is 285 Å². The van der Waals surface area contributed by atoms with Crippen LogP contribution in [0.25, 0.3) is 0 Å². The number of rotatable bonds is 3. The molecule has 3 aliphatic heterocycles. The third kappa shape index (κ3) is 11.9. The van der Waals surface area contributed by atoms with Gasteiger partial charge in [0.2, 0.25) is 0 Å². The smallest absolute Gasteiger partial charge is 0.330 e. The maximum absolute atomic E-state index is 12.3. The summed E-state index contributed by atoms with van der Waals surface area (Å²) in [5, 5.41) is 84.7. The van der Waals surface area contributed by atoms with Crippen LogP contribution in [0, 0.1) is 11.8 Å². The van der Waals surface area contributed by atoms with Crippen molar-refractivity contribution in [2.75, 3.05) is 0 Å². The van der Waals surface area contributed by atoms with Gasteiger partial charge >= 0.3 is 11.9 Å². The summed E-state index contributed by atoms with van der Waals surface area (Å²) in [5.41, 5.74) is 5.96. The first-order valence-electron chi connectivity index (χ1n) is 16.4. The predicted molar refractivity (Wildman–Crippen MR) is 173 cm³/mol. The van der Waals surface area contributed by atoms with Crippen molar-refractivity contribution in [2.24, 2.45) is 17.6 Å². The quantitative estimate of drug-likeness (QED) is 0.166. The van der Waals surface area contributed by atoms with E-state index in [0.29, 0.717) is 0 Å². The zero-order valence-corrected chi connectivity index (χ0v) is 27.8. The number of hydrogen-bond acceptors (Lipinski definition) is 14. The fourth-order valence-corrected chi connectivity index (χ4v) is 5.86. The minimum absolute atomic E-state index is 0.171. The molecule has 3 aliphatic rings. The molecular formula is C34H51NO14. The first-order valence-corrected chi connectivity index (χ1v) is 16.4. The van der Waals surface area contributed by atoms with E-state index in [1.54, 1.807) is 50.3 Å². The zero-order valence-electron chi connectivity index (χ0n) is 27.8. The lowest BCUT2D eigenvalue weighted by Crippen LogP contribution is -2.61. The number of esters is 1. The van der Waals surface area contributed by atoms with Crippen LogP contribution in [-0.4, -0.2) is 132 Å². The van der Waals surface area contributed by atoms with Gasteiger partial charge in [0.1, 0.15) is 18.1 Å². The third-order valence-corrected chi connectivity index (χ3v) is 8.90. The highest BCUT2D eigenvalue weighted by Crippen LogP contribution is 2.38. The van der Waals surface area contributed by atoms with Gasteiger partial charge in [-0.3, -0.25) is 4.79 Å². The largest absolute Gasteiger partial charge is 0.481 e. The molecule has 3 heterocycles. The van der Waals surface area contributed by atoms with Crippen LogP contribution in [0.15, 0.2) is 60.8 Å². The molecule has 0 aromatic carbocycles. The number of cyclic esters (lactones) is 1. The van der Waals surface area contributed by atoms with Crippen molar-refractivity contribution in [3.63, 3.8) is 0 Å². The summed E-state index contributed by atoms with van der Waals surface area (Å²) in [6.45, 7) is 5.09. The van der Waals surface area contributed by atoms with Gasteiger partial charge in [0.05, 0.1) is 54.9 Å². The number of carboxylic acids is 1. The number of aliphatic hydroxyl groups excluding tert-OH is 6. The Bertz CT molecular complexity index is 1240. The standard InChI is InChI=1S/C34H51NO14/c1-18-10-8-6-4-5-7-9-11-22(48-33-31(42)29(35)30(41)20(3)47-33)15-26-28(32(43)44)25(39)17-34(45,49-26)16-21(36)14-24(38)23(37)12-13-27(40)46-19(18)2/h4-13,18-26,28-31,33,36-39,41-42,45H,14-17,35H2,1-3H3,(H,43,44)/b6-4+,7-5+,10-8+,11-9+,13-12+/t18-,19-,20+,21-,22+,23+,24+,25+,26+,28-,29-,30+,31+,33-,34-/m1/s1. The van der Waals surface area contributed by atoms with E-state index in [4.69, 9.17) is 24.7 Å². The van der Waals surface area contributed by atoms with E-state index in [-0.39, 0.29) is 12.3 Å². The normalized spacial score (nSPS) is 46.7. The summed E-state index contributed by atoms with van der Waals surface area (Å²) in [4.78, 5) is 24.5. The number of ether oxygens (including phenoxy) is 4. The van der Waals surface area contributed by atoms with E-state index >= 15 is 0 Å². The van der Waals surface area contributed by atoms with Gasteiger partial charge in [-0.25, -0.2) is 4.79 Å². The van der Waals surface area contributed by atoms with Gasteiger partial charge < -0.3 is 65.5 Å². The van der Waals surface area contributed by atoms with Crippen LogP contribution in [0.3, 0.4) is 0 Å². The number of allylic oxidation sites excluding steroid dienone is 6.